The number of likely N-dealkylation sites (tertiary alicyclic amines) is 1. The highest BCUT2D eigenvalue weighted by molar-refractivity contribution is 5.85. The first-order valence-electron chi connectivity index (χ1n) is 10.3. The molecule has 1 aliphatic heterocycles. The van der Waals surface area contributed by atoms with Crippen molar-refractivity contribution >= 4 is 12.0 Å². The number of nitrogens with two attached hydrogens (primary N) is 1. The number of rotatable bonds is 10. The summed E-state index contributed by atoms with van der Waals surface area (Å²) in [7, 11) is 0. The van der Waals surface area contributed by atoms with E-state index in [9.17, 15) is 18.4 Å². The lowest BCUT2D eigenvalue weighted by molar-refractivity contribution is -0.139. The molecule has 8 heteroatoms. The van der Waals surface area contributed by atoms with E-state index in [0.717, 1.165) is 18.4 Å². The second-order valence-corrected chi connectivity index (χ2v) is 7.62. The first-order valence-corrected chi connectivity index (χ1v) is 10.3. The van der Waals surface area contributed by atoms with Gasteiger partial charge in [0.2, 0.25) is 5.91 Å². The van der Waals surface area contributed by atoms with Crippen molar-refractivity contribution in [2.75, 3.05) is 13.1 Å². The smallest absolute Gasteiger partial charge is 0.408 e. The molecule has 0 spiro atoms. The van der Waals surface area contributed by atoms with Gasteiger partial charge in [-0.15, -0.1) is 6.58 Å². The topological polar surface area (TPSA) is 84.7 Å². The Kier molecular flexibility index (Phi) is 9.23. The van der Waals surface area contributed by atoms with Gasteiger partial charge in [-0.1, -0.05) is 49.2 Å². The van der Waals surface area contributed by atoms with Crippen molar-refractivity contribution in [2.45, 2.75) is 63.1 Å². The maximum absolute atomic E-state index is 13.4. The summed E-state index contributed by atoms with van der Waals surface area (Å²) in [6, 6.07) is 8.25. The van der Waals surface area contributed by atoms with Crippen LogP contribution in [0, 0.1) is 0 Å². The van der Waals surface area contributed by atoms with Crippen LogP contribution < -0.4 is 11.1 Å². The quantitative estimate of drug-likeness (QED) is 0.445. The molecule has 1 unspecified atom stereocenters. The molecule has 2 rings (SSSR count). The predicted molar refractivity (Wildman–Crippen MR) is 111 cm³/mol. The number of halogens is 2. The molecule has 1 saturated heterocycles. The van der Waals surface area contributed by atoms with Gasteiger partial charge in [-0.25, -0.2) is 13.6 Å². The highest BCUT2D eigenvalue weighted by Crippen LogP contribution is 2.28. The van der Waals surface area contributed by atoms with Crippen molar-refractivity contribution in [3.8, 4) is 0 Å². The van der Waals surface area contributed by atoms with Crippen LogP contribution in [0.2, 0.25) is 0 Å². The second-order valence-electron chi connectivity index (χ2n) is 7.62. The number of carbonyl (C=O) groups excluding carboxylic acids is 2. The van der Waals surface area contributed by atoms with E-state index < -0.39 is 18.1 Å². The molecule has 166 valence electrons. The lowest BCUT2D eigenvalue weighted by Crippen LogP contribution is -2.52. The Morgan fingerprint density at radius 3 is 2.47 bits per heavy atom. The first-order chi connectivity index (χ1) is 14.3. The zero-order valence-electron chi connectivity index (χ0n) is 17.2. The van der Waals surface area contributed by atoms with Gasteiger partial charge in [-0.2, -0.15) is 0 Å². The van der Waals surface area contributed by atoms with Gasteiger partial charge in [0.15, 0.2) is 0 Å². The summed E-state index contributed by atoms with van der Waals surface area (Å²) in [6.07, 6.45) is 2.75. The van der Waals surface area contributed by atoms with E-state index >= 15 is 0 Å². The molecule has 1 aromatic carbocycles. The van der Waals surface area contributed by atoms with Crippen LogP contribution in [-0.2, 0) is 16.1 Å². The molecule has 1 heterocycles. The fourth-order valence-electron chi connectivity index (χ4n) is 3.29. The van der Waals surface area contributed by atoms with Gasteiger partial charge in [-0.3, -0.25) is 4.79 Å². The largest absolute Gasteiger partial charge is 0.445 e. The number of carbonyl (C=O) groups is 2. The number of amides is 2. The normalized spacial score (nSPS) is 17.6. The number of nitrogens with one attached hydrogen (secondary N) is 1. The number of hydrogen-bond donors (Lipinski definition) is 2. The first kappa shape index (κ1) is 23.8. The van der Waals surface area contributed by atoms with Gasteiger partial charge in [0.05, 0.1) is 0 Å². The molecule has 0 bridgehead atoms. The van der Waals surface area contributed by atoms with Crippen molar-refractivity contribution in [1.82, 2.24) is 10.2 Å². The molecule has 1 fully saturated rings. The van der Waals surface area contributed by atoms with Crippen molar-refractivity contribution in [1.29, 1.82) is 0 Å². The maximum atomic E-state index is 13.4. The summed E-state index contributed by atoms with van der Waals surface area (Å²) in [6.45, 7) is 3.67. The minimum absolute atomic E-state index is 0.0234. The molecular weight excluding hydrogens is 392 g/mol. The molecule has 6 nitrogen and oxygen atoms in total. The molecule has 0 saturated carbocycles. The Morgan fingerprint density at radius 1 is 1.20 bits per heavy atom. The van der Waals surface area contributed by atoms with Crippen LogP contribution in [0.5, 0.6) is 0 Å². The van der Waals surface area contributed by atoms with Gasteiger partial charge in [0, 0.05) is 32.0 Å². The Hall–Kier alpha value is -2.48. The van der Waals surface area contributed by atoms with E-state index in [4.69, 9.17) is 10.5 Å². The number of alkyl halides is 2. The summed E-state index contributed by atoms with van der Waals surface area (Å²) in [5.74, 6) is -3.09. The zero-order valence-corrected chi connectivity index (χ0v) is 17.2. The monoisotopic (exact) mass is 423 g/mol. The summed E-state index contributed by atoms with van der Waals surface area (Å²) in [4.78, 5) is 26.5. The third-order valence-electron chi connectivity index (χ3n) is 5.19. The van der Waals surface area contributed by atoms with E-state index in [0.29, 0.717) is 12.8 Å². The van der Waals surface area contributed by atoms with Crippen molar-refractivity contribution in [2.24, 2.45) is 5.73 Å². The molecule has 2 amide bonds. The molecule has 0 radical (unpaired) electrons. The van der Waals surface area contributed by atoms with Crippen molar-refractivity contribution < 1.29 is 23.1 Å². The minimum atomic E-state index is -2.74. The van der Waals surface area contributed by atoms with Crippen LogP contribution in [0.4, 0.5) is 13.6 Å². The molecule has 2 atom stereocenters. The van der Waals surface area contributed by atoms with Crippen molar-refractivity contribution in [3.63, 3.8) is 0 Å². The number of benzene rings is 1. The van der Waals surface area contributed by atoms with Crippen LogP contribution >= 0.6 is 0 Å². The molecule has 0 aromatic heterocycles. The lowest BCUT2D eigenvalue weighted by atomic mass is 10.0. The summed E-state index contributed by atoms with van der Waals surface area (Å²) in [5.41, 5.74) is 6.64. The molecule has 30 heavy (non-hydrogen) atoms. The SMILES string of the molecule is C=CC(N)CCCC[C@H](NC(=O)OCc1ccccc1)C(=O)N1CCC(F)(F)CC1. The molecule has 3 N–H and O–H groups in total. The number of unbranched alkanes of at least 4 members (excludes halogenated alkanes) is 1. The third kappa shape index (κ3) is 8.10. The van der Waals surface area contributed by atoms with E-state index in [1.54, 1.807) is 6.08 Å². The number of piperidine rings is 1. The highest BCUT2D eigenvalue weighted by Gasteiger charge is 2.37. The van der Waals surface area contributed by atoms with Gasteiger partial charge in [0.1, 0.15) is 12.6 Å². The maximum Gasteiger partial charge on any atom is 0.408 e. The van der Waals surface area contributed by atoms with Crippen LogP contribution in [0.1, 0.15) is 44.1 Å². The minimum Gasteiger partial charge on any atom is -0.445 e. The van der Waals surface area contributed by atoms with Crippen LogP contribution in [0.25, 0.3) is 0 Å². The number of alkyl carbamates (subject to hydrolysis) is 1. The lowest BCUT2D eigenvalue weighted by Gasteiger charge is -2.34. The van der Waals surface area contributed by atoms with Crippen LogP contribution in [0.15, 0.2) is 43.0 Å². The standard InChI is InChI=1S/C22H31F2N3O3/c1-2-18(25)10-6-7-11-19(20(28)27-14-12-22(23,24)13-15-27)26-21(29)30-16-17-8-4-3-5-9-17/h2-5,8-9,18-19H,1,6-7,10-16,25H2,(H,26,29)/t18?,19-/m0/s1. The van der Waals surface area contributed by atoms with E-state index in [-0.39, 0.29) is 44.5 Å². The third-order valence-corrected chi connectivity index (χ3v) is 5.19. The van der Waals surface area contributed by atoms with Gasteiger partial charge >= 0.3 is 6.09 Å². The summed E-state index contributed by atoms with van der Waals surface area (Å²) < 4.78 is 32.1. The second kappa shape index (κ2) is 11.6. The predicted octanol–water partition coefficient (Wildman–Crippen LogP) is 3.61. The number of nitrogens with zero attached hydrogens (tertiary/aromatic N) is 1. The Bertz CT molecular complexity index is 690. The Labute approximate surface area is 176 Å². The van der Waals surface area contributed by atoms with Gasteiger partial charge < -0.3 is 20.7 Å². The Balaban J connectivity index is 1.91. The highest BCUT2D eigenvalue weighted by atomic mass is 19.3. The fourth-order valence-corrected chi connectivity index (χ4v) is 3.29. The zero-order chi connectivity index (χ0) is 22.0. The number of hydrogen-bond acceptors (Lipinski definition) is 4. The molecule has 1 aromatic rings. The van der Waals surface area contributed by atoms with Gasteiger partial charge in [-0.05, 0) is 18.4 Å². The van der Waals surface area contributed by atoms with Crippen molar-refractivity contribution in [3.05, 3.63) is 48.6 Å². The summed E-state index contributed by atoms with van der Waals surface area (Å²) >= 11 is 0. The summed E-state index contributed by atoms with van der Waals surface area (Å²) in [5, 5.41) is 2.62. The van der Waals surface area contributed by atoms with E-state index in [1.165, 1.54) is 4.90 Å². The molecule has 0 aliphatic carbocycles. The van der Waals surface area contributed by atoms with Crippen LogP contribution in [0.3, 0.4) is 0 Å². The van der Waals surface area contributed by atoms with E-state index in [2.05, 4.69) is 11.9 Å². The average Bonchev–Trinajstić information content (AvgIpc) is 2.74. The van der Waals surface area contributed by atoms with E-state index in [1.807, 2.05) is 30.3 Å². The fraction of sp³-hybridized carbons (Fsp3) is 0.545. The molecule has 1 aliphatic rings. The average molecular weight is 424 g/mol. The van der Waals surface area contributed by atoms with Gasteiger partial charge in [0.25, 0.3) is 5.92 Å². The Morgan fingerprint density at radius 2 is 1.83 bits per heavy atom. The molecular formula is C22H31F2N3O3. The van der Waals surface area contributed by atoms with Crippen LogP contribution in [-0.4, -0.2) is 48.0 Å². The number of ether oxygens (including phenoxy) is 1.